The summed E-state index contributed by atoms with van der Waals surface area (Å²) in [7, 11) is 3.19. The predicted molar refractivity (Wildman–Crippen MR) is 127 cm³/mol. The molecule has 3 aromatic heterocycles. The largest absolute Gasteiger partial charge is 0.479 e. The van der Waals surface area contributed by atoms with Crippen LogP contribution >= 0.6 is 0 Å². The quantitative estimate of drug-likeness (QED) is 0.386. The van der Waals surface area contributed by atoms with Gasteiger partial charge in [0.05, 0.1) is 31.8 Å². The SMILES string of the molecule is COCCN1CC[C@@H](Nc2nc(OC)c3c(-c4ccc5nnn(CCF)c5c4)ccn3n2)[C@H](F)C1. The second-order valence-corrected chi connectivity index (χ2v) is 8.52. The topological polar surface area (TPSA) is 94.6 Å². The van der Waals surface area contributed by atoms with E-state index in [4.69, 9.17) is 9.47 Å². The number of alkyl halides is 2. The van der Waals surface area contributed by atoms with Crippen LogP contribution in [-0.4, -0.2) is 93.8 Å². The van der Waals surface area contributed by atoms with Crippen LogP contribution in [0.3, 0.4) is 0 Å². The van der Waals surface area contributed by atoms with E-state index in [2.05, 4.69) is 30.6 Å². The van der Waals surface area contributed by atoms with Crippen molar-refractivity contribution >= 4 is 22.5 Å². The van der Waals surface area contributed by atoms with E-state index < -0.39 is 18.9 Å². The number of fused-ring (bicyclic) bond motifs is 2. The van der Waals surface area contributed by atoms with Crippen LogP contribution in [0, 0.1) is 0 Å². The van der Waals surface area contributed by atoms with Crippen LogP contribution in [0.15, 0.2) is 30.5 Å². The van der Waals surface area contributed by atoms with Gasteiger partial charge in [-0.3, -0.25) is 4.90 Å². The summed E-state index contributed by atoms with van der Waals surface area (Å²) >= 11 is 0. The van der Waals surface area contributed by atoms with Crippen LogP contribution in [0.1, 0.15) is 6.42 Å². The lowest BCUT2D eigenvalue weighted by molar-refractivity contribution is 0.0918. The maximum Gasteiger partial charge on any atom is 0.244 e. The molecule has 0 amide bonds. The molecular formula is C23H28F2N8O2. The molecule has 4 heterocycles. The first-order valence-electron chi connectivity index (χ1n) is 11.6. The normalized spacial score (nSPS) is 19.0. The number of benzene rings is 1. The molecule has 0 aliphatic carbocycles. The first kappa shape index (κ1) is 23.4. The number of hydrogen-bond donors (Lipinski definition) is 1. The van der Waals surface area contributed by atoms with E-state index in [1.165, 1.54) is 0 Å². The highest BCUT2D eigenvalue weighted by atomic mass is 19.1. The average molecular weight is 487 g/mol. The molecule has 0 saturated carbocycles. The van der Waals surface area contributed by atoms with Crippen molar-refractivity contribution in [2.24, 2.45) is 0 Å². The fraction of sp³-hybridized carbons (Fsp3) is 0.478. The summed E-state index contributed by atoms with van der Waals surface area (Å²) in [4.78, 5) is 6.59. The minimum atomic E-state index is -1.05. The lowest BCUT2D eigenvalue weighted by Gasteiger charge is -2.34. The molecule has 5 rings (SSSR count). The standard InChI is InChI=1S/C23H28F2N8O2/c1-34-12-11-31-8-6-18(17(25)14-31)26-23-27-22(35-2)21-16(5-9-33(21)29-23)15-3-4-19-20(13-15)32(10-7-24)30-28-19/h3-5,9,13,17-18H,6-8,10-12,14H2,1-2H3,(H,26,29)/t17-,18-/m1/s1. The molecule has 0 bridgehead atoms. The number of anilines is 1. The smallest absolute Gasteiger partial charge is 0.244 e. The predicted octanol–water partition coefficient (Wildman–Crippen LogP) is 2.59. The molecule has 0 spiro atoms. The van der Waals surface area contributed by atoms with Crippen LogP contribution in [0.4, 0.5) is 14.7 Å². The van der Waals surface area contributed by atoms with Crippen LogP contribution in [-0.2, 0) is 11.3 Å². The zero-order chi connectivity index (χ0) is 24.4. The molecule has 186 valence electrons. The van der Waals surface area contributed by atoms with Gasteiger partial charge in [-0.2, -0.15) is 4.98 Å². The van der Waals surface area contributed by atoms with Gasteiger partial charge in [0.25, 0.3) is 0 Å². The van der Waals surface area contributed by atoms with Crippen molar-refractivity contribution in [2.45, 2.75) is 25.2 Å². The van der Waals surface area contributed by atoms with Crippen molar-refractivity contribution in [3.05, 3.63) is 30.5 Å². The molecule has 35 heavy (non-hydrogen) atoms. The molecule has 4 aromatic rings. The van der Waals surface area contributed by atoms with Gasteiger partial charge in [0.2, 0.25) is 11.8 Å². The number of likely N-dealkylation sites (tertiary alicyclic amines) is 1. The zero-order valence-corrected chi connectivity index (χ0v) is 19.7. The molecular weight excluding hydrogens is 458 g/mol. The van der Waals surface area contributed by atoms with E-state index in [1.54, 1.807) is 23.4 Å². The van der Waals surface area contributed by atoms with Gasteiger partial charge in [-0.1, -0.05) is 11.3 Å². The third-order valence-electron chi connectivity index (χ3n) is 6.35. The minimum absolute atomic E-state index is 0.138. The number of aromatic nitrogens is 6. The lowest BCUT2D eigenvalue weighted by atomic mass is 10.0. The van der Waals surface area contributed by atoms with Gasteiger partial charge in [0.1, 0.15) is 23.9 Å². The van der Waals surface area contributed by atoms with Crippen molar-refractivity contribution in [2.75, 3.05) is 52.5 Å². The average Bonchev–Trinajstić information content (AvgIpc) is 3.48. The van der Waals surface area contributed by atoms with E-state index >= 15 is 0 Å². The van der Waals surface area contributed by atoms with E-state index in [1.807, 2.05) is 30.5 Å². The Kier molecular flexibility index (Phi) is 6.73. The Bertz CT molecular complexity index is 1310. The van der Waals surface area contributed by atoms with Crippen LogP contribution < -0.4 is 10.1 Å². The van der Waals surface area contributed by atoms with E-state index in [-0.39, 0.29) is 6.54 Å². The highest BCUT2D eigenvalue weighted by Crippen LogP contribution is 2.33. The number of nitrogens with one attached hydrogen (secondary N) is 1. The number of hydrogen-bond acceptors (Lipinski definition) is 8. The highest BCUT2D eigenvalue weighted by Gasteiger charge is 2.30. The number of methoxy groups -OCH3 is 2. The second kappa shape index (κ2) is 10.1. The van der Waals surface area contributed by atoms with Gasteiger partial charge in [0.15, 0.2) is 0 Å². The van der Waals surface area contributed by atoms with E-state index in [9.17, 15) is 8.78 Å². The molecule has 1 aliphatic heterocycles. The number of piperidine rings is 1. The molecule has 1 saturated heterocycles. The van der Waals surface area contributed by atoms with Gasteiger partial charge < -0.3 is 14.8 Å². The summed E-state index contributed by atoms with van der Waals surface area (Å²) in [6.07, 6.45) is 1.38. The monoisotopic (exact) mass is 486 g/mol. The molecule has 1 aromatic carbocycles. The molecule has 1 aliphatic rings. The van der Waals surface area contributed by atoms with Crippen molar-refractivity contribution in [1.29, 1.82) is 0 Å². The lowest BCUT2D eigenvalue weighted by Crippen LogP contribution is -2.48. The first-order chi connectivity index (χ1) is 17.1. The summed E-state index contributed by atoms with van der Waals surface area (Å²) in [5.41, 5.74) is 3.82. The Hall–Kier alpha value is -3.38. The molecule has 10 nitrogen and oxygen atoms in total. The number of nitrogens with zero attached hydrogens (tertiary/aromatic N) is 7. The number of aryl methyl sites for hydroxylation is 1. The zero-order valence-electron chi connectivity index (χ0n) is 19.7. The summed E-state index contributed by atoms with van der Waals surface area (Å²) < 4.78 is 41.7. The third-order valence-corrected chi connectivity index (χ3v) is 6.35. The molecule has 1 fully saturated rings. The highest BCUT2D eigenvalue weighted by molar-refractivity contribution is 5.89. The van der Waals surface area contributed by atoms with E-state index in [0.29, 0.717) is 49.0 Å². The van der Waals surface area contributed by atoms with Crippen molar-refractivity contribution in [3.63, 3.8) is 0 Å². The Morgan fingerprint density at radius 1 is 1.20 bits per heavy atom. The Morgan fingerprint density at radius 3 is 2.86 bits per heavy atom. The van der Waals surface area contributed by atoms with Crippen LogP contribution in [0.2, 0.25) is 0 Å². The summed E-state index contributed by atoms with van der Waals surface area (Å²) in [5.74, 6) is 0.668. The number of ether oxygens (including phenoxy) is 2. The fourth-order valence-corrected chi connectivity index (χ4v) is 4.53. The maximum absolute atomic E-state index is 14.8. The second-order valence-electron chi connectivity index (χ2n) is 8.52. The molecule has 12 heteroatoms. The maximum atomic E-state index is 14.8. The van der Waals surface area contributed by atoms with Gasteiger partial charge in [0, 0.05) is 38.5 Å². The molecule has 2 atom stereocenters. The third kappa shape index (κ3) is 4.63. The number of halogens is 2. The van der Waals surface area contributed by atoms with Crippen LogP contribution in [0.25, 0.3) is 27.7 Å². The van der Waals surface area contributed by atoms with Crippen molar-refractivity contribution in [3.8, 4) is 17.0 Å². The molecule has 1 N–H and O–H groups in total. The van der Waals surface area contributed by atoms with Gasteiger partial charge in [-0.05, 0) is 30.2 Å². The number of rotatable bonds is 9. The summed E-state index contributed by atoms with van der Waals surface area (Å²) in [6, 6.07) is 7.20. The van der Waals surface area contributed by atoms with Gasteiger partial charge in [-0.25, -0.2) is 18.0 Å². The minimum Gasteiger partial charge on any atom is -0.479 e. The first-order valence-corrected chi connectivity index (χ1v) is 11.6. The Morgan fingerprint density at radius 2 is 2.09 bits per heavy atom. The van der Waals surface area contributed by atoms with Crippen LogP contribution in [0.5, 0.6) is 5.88 Å². The van der Waals surface area contributed by atoms with Crippen molar-refractivity contribution in [1.82, 2.24) is 34.5 Å². The van der Waals surface area contributed by atoms with E-state index in [0.717, 1.165) is 23.2 Å². The molecule has 0 unspecified atom stereocenters. The fourth-order valence-electron chi connectivity index (χ4n) is 4.53. The van der Waals surface area contributed by atoms with Crippen molar-refractivity contribution < 1.29 is 18.3 Å². The molecule has 0 radical (unpaired) electrons. The van der Waals surface area contributed by atoms with Gasteiger partial charge in [-0.15, -0.1) is 10.2 Å². The summed E-state index contributed by atoms with van der Waals surface area (Å²) in [6.45, 7) is 2.01. The Balaban J connectivity index is 1.42. The summed E-state index contributed by atoms with van der Waals surface area (Å²) in [5, 5.41) is 15.8. The Labute approximate surface area is 200 Å². The van der Waals surface area contributed by atoms with Gasteiger partial charge >= 0.3 is 0 Å².